The van der Waals surface area contributed by atoms with Crippen LogP contribution < -0.4 is 20.3 Å². The zero-order valence-electron chi connectivity index (χ0n) is 18.5. The van der Waals surface area contributed by atoms with Crippen molar-refractivity contribution in [1.82, 2.24) is 9.55 Å². The Labute approximate surface area is 194 Å². The van der Waals surface area contributed by atoms with E-state index in [1.54, 1.807) is 18.2 Å². The first-order valence-electron chi connectivity index (χ1n) is 10.6. The fourth-order valence-corrected chi connectivity index (χ4v) is 4.72. The van der Waals surface area contributed by atoms with Crippen molar-refractivity contribution in [2.75, 3.05) is 5.32 Å². The third kappa shape index (κ3) is 4.21. The maximum absolute atomic E-state index is 13.2. The van der Waals surface area contributed by atoms with Crippen molar-refractivity contribution in [1.29, 1.82) is 0 Å². The largest absolute Gasteiger partial charge is 0.449 e. The van der Waals surface area contributed by atoms with Crippen LogP contribution in [0.3, 0.4) is 0 Å². The molecule has 5 rings (SSSR count). The molecule has 0 fully saturated rings. The van der Waals surface area contributed by atoms with E-state index in [0.717, 1.165) is 16.7 Å². The minimum atomic E-state index is -0.725. The minimum absolute atomic E-state index is 0.136. The number of aromatic nitrogens is 2. The minimum Gasteiger partial charge on any atom is -0.449 e. The van der Waals surface area contributed by atoms with E-state index < -0.39 is 5.79 Å². The van der Waals surface area contributed by atoms with E-state index in [4.69, 9.17) is 9.47 Å². The summed E-state index contributed by atoms with van der Waals surface area (Å²) in [6.45, 7) is 5.91. The lowest BCUT2D eigenvalue weighted by molar-refractivity contribution is -0.116. The molecule has 0 unspecified atom stereocenters. The molecule has 1 N–H and O–H groups in total. The topological polar surface area (TPSA) is 82.5 Å². The molecule has 8 heteroatoms. The molecule has 0 saturated carbocycles. The number of benzene rings is 2. The molecular weight excluding hydrogens is 438 g/mol. The fraction of sp³-hybridized carbons (Fsp3) is 0.240. The van der Waals surface area contributed by atoms with E-state index in [-0.39, 0.29) is 24.4 Å². The molecule has 3 heterocycles. The SMILES string of the molecule is Cc1ccc(-c2csc3ncn(CCC(=O)Nc4ccc5c(c4)OC(C)(C)O5)c(=O)c23)cc1. The number of carbonyl (C=O) groups excluding carboxylic acids is 1. The van der Waals surface area contributed by atoms with E-state index >= 15 is 0 Å². The average Bonchev–Trinajstić information content (AvgIpc) is 3.33. The van der Waals surface area contributed by atoms with Crippen LogP contribution in [0.2, 0.25) is 0 Å². The van der Waals surface area contributed by atoms with Crippen molar-refractivity contribution >= 4 is 33.1 Å². The highest BCUT2D eigenvalue weighted by Crippen LogP contribution is 2.40. The highest BCUT2D eigenvalue weighted by molar-refractivity contribution is 7.17. The van der Waals surface area contributed by atoms with Gasteiger partial charge in [-0.2, -0.15) is 0 Å². The van der Waals surface area contributed by atoms with Crippen LogP contribution in [0.4, 0.5) is 5.69 Å². The molecule has 1 aliphatic rings. The number of aryl methyl sites for hydroxylation is 2. The summed E-state index contributed by atoms with van der Waals surface area (Å²) >= 11 is 1.45. The Kier molecular flexibility index (Phi) is 5.17. The number of fused-ring (bicyclic) bond motifs is 2. The van der Waals surface area contributed by atoms with E-state index in [9.17, 15) is 9.59 Å². The molecule has 1 amide bonds. The Balaban J connectivity index is 1.31. The zero-order chi connectivity index (χ0) is 23.2. The molecule has 168 valence electrons. The van der Waals surface area contributed by atoms with Crippen molar-refractivity contribution in [2.24, 2.45) is 0 Å². The lowest BCUT2D eigenvalue weighted by Crippen LogP contribution is -2.29. The van der Waals surface area contributed by atoms with Gasteiger partial charge in [0.2, 0.25) is 11.7 Å². The number of thiophene rings is 1. The van der Waals surface area contributed by atoms with Crippen LogP contribution in [0.25, 0.3) is 21.3 Å². The Morgan fingerprint density at radius 2 is 1.88 bits per heavy atom. The van der Waals surface area contributed by atoms with Gasteiger partial charge in [-0.15, -0.1) is 11.3 Å². The highest BCUT2D eigenvalue weighted by atomic mass is 32.1. The number of hydrogen-bond donors (Lipinski definition) is 1. The Hall–Kier alpha value is -3.65. The molecule has 0 atom stereocenters. The molecule has 4 aromatic rings. The van der Waals surface area contributed by atoms with Crippen LogP contribution in [0.15, 0.2) is 59.0 Å². The van der Waals surface area contributed by atoms with Gasteiger partial charge in [-0.05, 0) is 24.6 Å². The molecule has 7 nitrogen and oxygen atoms in total. The average molecular weight is 462 g/mol. The van der Waals surface area contributed by atoms with E-state index in [1.807, 2.05) is 50.4 Å². The summed E-state index contributed by atoms with van der Waals surface area (Å²) < 4.78 is 12.9. The van der Waals surface area contributed by atoms with Crippen LogP contribution in [-0.2, 0) is 11.3 Å². The predicted molar refractivity (Wildman–Crippen MR) is 129 cm³/mol. The van der Waals surface area contributed by atoms with Crippen molar-refractivity contribution < 1.29 is 14.3 Å². The summed E-state index contributed by atoms with van der Waals surface area (Å²) in [4.78, 5) is 30.9. The van der Waals surface area contributed by atoms with Gasteiger partial charge in [-0.25, -0.2) is 4.98 Å². The third-order valence-electron chi connectivity index (χ3n) is 5.44. The molecular formula is C25H23N3O4S. The number of rotatable bonds is 5. The van der Waals surface area contributed by atoms with Gasteiger partial charge >= 0.3 is 0 Å². The second-order valence-corrected chi connectivity index (χ2v) is 9.36. The highest BCUT2D eigenvalue weighted by Gasteiger charge is 2.31. The molecule has 0 spiro atoms. The summed E-state index contributed by atoms with van der Waals surface area (Å²) in [5.41, 5.74) is 3.48. The van der Waals surface area contributed by atoms with Crippen molar-refractivity contribution in [2.45, 2.75) is 39.5 Å². The van der Waals surface area contributed by atoms with Gasteiger partial charge in [0.05, 0.1) is 11.7 Å². The van der Waals surface area contributed by atoms with Gasteiger partial charge in [0, 0.05) is 49.5 Å². The number of amides is 1. The molecule has 33 heavy (non-hydrogen) atoms. The zero-order valence-corrected chi connectivity index (χ0v) is 19.4. The predicted octanol–water partition coefficient (Wildman–Crippen LogP) is 4.97. The van der Waals surface area contributed by atoms with Crippen LogP contribution in [-0.4, -0.2) is 21.2 Å². The third-order valence-corrected chi connectivity index (χ3v) is 6.33. The normalized spacial score (nSPS) is 13.9. The summed E-state index contributed by atoms with van der Waals surface area (Å²) in [6.07, 6.45) is 1.65. The van der Waals surface area contributed by atoms with Gasteiger partial charge in [-0.1, -0.05) is 29.8 Å². The van der Waals surface area contributed by atoms with Crippen molar-refractivity contribution in [3.63, 3.8) is 0 Å². The first kappa shape index (κ1) is 21.2. The number of hydrogen-bond acceptors (Lipinski definition) is 6. The lowest BCUT2D eigenvalue weighted by Gasteiger charge is -2.16. The van der Waals surface area contributed by atoms with Crippen molar-refractivity contribution in [3.05, 3.63) is 70.1 Å². The molecule has 0 aliphatic carbocycles. The van der Waals surface area contributed by atoms with Crippen LogP contribution >= 0.6 is 11.3 Å². The fourth-order valence-electron chi connectivity index (χ4n) is 3.82. The molecule has 2 aromatic carbocycles. The summed E-state index contributed by atoms with van der Waals surface area (Å²) in [6, 6.07) is 13.3. The van der Waals surface area contributed by atoms with Crippen LogP contribution in [0.5, 0.6) is 11.5 Å². The smallest absolute Gasteiger partial charge is 0.262 e. The van der Waals surface area contributed by atoms with Crippen LogP contribution in [0.1, 0.15) is 25.8 Å². The van der Waals surface area contributed by atoms with Gasteiger partial charge in [0.15, 0.2) is 11.5 Å². The number of nitrogens with one attached hydrogen (secondary N) is 1. The summed E-state index contributed by atoms with van der Waals surface area (Å²) in [5, 5.41) is 5.40. The Bertz CT molecular complexity index is 1420. The Morgan fingerprint density at radius 3 is 2.67 bits per heavy atom. The molecule has 2 aromatic heterocycles. The van der Waals surface area contributed by atoms with Crippen molar-refractivity contribution in [3.8, 4) is 22.6 Å². The first-order chi connectivity index (χ1) is 15.8. The van der Waals surface area contributed by atoms with Gasteiger partial charge in [0.25, 0.3) is 5.56 Å². The number of carbonyl (C=O) groups is 1. The summed E-state index contributed by atoms with van der Waals surface area (Å²) in [7, 11) is 0. The quantitative estimate of drug-likeness (QED) is 0.454. The van der Waals surface area contributed by atoms with Gasteiger partial charge < -0.3 is 14.8 Å². The number of ether oxygens (including phenoxy) is 2. The molecule has 0 bridgehead atoms. The molecule has 1 aliphatic heterocycles. The first-order valence-corrected chi connectivity index (χ1v) is 11.5. The molecule has 0 saturated heterocycles. The van der Waals surface area contributed by atoms with Crippen LogP contribution in [0, 0.1) is 6.92 Å². The Morgan fingerprint density at radius 1 is 1.12 bits per heavy atom. The second-order valence-electron chi connectivity index (χ2n) is 8.50. The van der Waals surface area contributed by atoms with E-state index in [1.165, 1.54) is 22.2 Å². The lowest BCUT2D eigenvalue weighted by atomic mass is 10.1. The summed E-state index contributed by atoms with van der Waals surface area (Å²) in [5.74, 6) is 0.301. The van der Waals surface area contributed by atoms with E-state index in [2.05, 4.69) is 10.3 Å². The van der Waals surface area contributed by atoms with Gasteiger partial charge in [-0.3, -0.25) is 14.2 Å². The van der Waals surface area contributed by atoms with Gasteiger partial charge in [0.1, 0.15) is 4.83 Å². The van der Waals surface area contributed by atoms with E-state index in [0.29, 0.717) is 27.4 Å². The number of anilines is 1. The maximum atomic E-state index is 13.2. The second kappa shape index (κ2) is 8.04. The molecule has 0 radical (unpaired) electrons. The standard InChI is InChI=1S/C25H23N3O4S/c1-15-4-6-16(7-5-15)18-13-33-23-22(18)24(30)28(14-26-23)11-10-21(29)27-17-8-9-19-20(12-17)32-25(2,3)31-19/h4-9,12-14H,10-11H2,1-3H3,(H,27,29). The maximum Gasteiger partial charge on any atom is 0.262 e. The monoisotopic (exact) mass is 461 g/mol. The number of nitrogens with zero attached hydrogens (tertiary/aromatic N) is 2.